The summed E-state index contributed by atoms with van der Waals surface area (Å²) in [5.41, 5.74) is 10.9. The van der Waals surface area contributed by atoms with E-state index in [0.717, 1.165) is 34.0 Å². The first-order valence-corrected chi connectivity index (χ1v) is 9.26. The van der Waals surface area contributed by atoms with Gasteiger partial charge in [-0.2, -0.15) is 5.10 Å². The number of aromatic nitrogens is 6. The summed E-state index contributed by atoms with van der Waals surface area (Å²) < 4.78 is 9.08. The molecule has 4 aromatic heterocycles. The number of aryl methyl sites for hydroxylation is 1. The van der Waals surface area contributed by atoms with Crippen molar-refractivity contribution in [2.45, 2.75) is 19.6 Å². The van der Waals surface area contributed by atoms with Gasteiger partial charge in [-0.3, -0.25) is 15.1 Å². The lowest BCUT2D eigenvalue weighted by Gasteiger charge is -2.25. The number of nitrogens with one attached hydrogen (secondary N) is 2. The Balaban J connectivity index is 1.49. The first-order chi connectivity index (χ1) is 14.1. The van der Waals surface area contributed by atoms with Gasteiger partial charge in [-0.1, -0.05) is 6.07 Å². The normalized spacial score (nSPS) is 14.2. The molecule has 29 heavy (non-hydrogen) atoms. The molecular weight excluding hydrogens is 370 g/mol. The Labute approximate surface area is 167 Å². The number of rotatable bonds is 5. The van der Waals surface area contributed by atoms with E-state index in [1.165, 1.54) is 0 Å². The highest BCUT2D eigenvalue weighted by Crippen LogP contribution is 2.33. The van der Waals surface area contributed by atoms with Crippen LogP contribution in [-0.2, 0) is 18.4 Å². The molecule has 2 N–H and O–H groups in total. The van der Waals surface area contributed by atoms with Gasteiger partial charge in [0.25, 0.3) is 0 Å². The summed E-state index contributed by atoms with van der Waals surface area (Å²) in [5, 5.41) is 6.19. The number of hydrogen-bond donors (Lipinski definition) is 2. The molecular formula is C19H21N9O. The minimum atomic E-state index is -0.00982. The lowest BCUT2D eigenvalue weighted by atomic mass is 10.1. The number of anilines is 2. The predicted octanol–water partition coefficient (Wildman–Crippen LogP) is 2.08. The highest BCUT2D eigenvalue weighted by atomic mass is 16.5. The Hall–Kier alpha value is -3.50. The van der Waals surface area contributed by atoms with Gasteiger partial charge in [0.15, 0.2) is 11.6 Å². The molecule has 148 valence electrons. The van der Waals surface area contributed by atoms with Crippen LogP contribution < -0.4 is 16.0 Å². The summed E-state index contributed by atoms with van der Waals surface area (Å²) in [4.78, 5) is 13.7. The van der Waals surface area contributed by atoms with Crippen LogP contribution in [0.2, 0.25) is 0 Å². The molecule has 0 aliphatic carbocycles. The van der Waals surface area contributed by atoms with Crippen molar-refractivity contribution in [1.29, 1.82) is 0 Å². The number of pyridine rings is 1. The van der Waals surface area contributed by atoms with E-state index in [1.807, 2.05) is 30.5 Å². The molecule has 0 bridgehead atoms. The standard InChI is InChI=1S/C19H21N9O/c1-12(13-4-5-17-20-7-15(11-29-3)27(17)10-13)28-19-18(24-25-28)21-8-16(23-19)14-6-22-26(2)9-14/h4-10,12,25H,11H2,1-3H3,(H,21,24). The van der Waals surface area contributed by atoms with Crippen molar-refractivity contribution < 1.29 is 4.74 Å². The third-order valence-corrected chi connectivity index (χ3v) is 5.04. The molecule has 1 aliphatic rings. The Morgan fingerprint density at radius 3 is 2.83 bits per heavy atom. The van der Waals surface area contributed by atoms with E-state index in [4.69, 9.17) is 9.72 Å². The van der Waals surface area contributed by atoms with Crippen LogP contribution >= 0.6 is 0 Å². The Kier molecular flexibility index (Phi) is 4.14. The molecule has 5 heterocycles. The molecule has 10 heteroatoms. The van der Waals surface area contributed by atoms with Crippen molar-refractivity contribution in [3.63, 3.8) is 0 Å². The topological polar surface area (TPSA) is 97.4 Å². The van der Waals surface area contributed by atoms with Crippen LogP contribution in [0.25, 0.3) is 16.9 Å². The molecule has 1 aliphatic heterocycles. The molecule has 5 rings (SSSR count). The van der Waals surface area contributed by atoms with Crippen molar-refractivity contribution in [3.8, 4) is 11.3 Å². The van der Waals surface area contributed by atoms with Crippen molar-refractivity contribution in [2.75, 3.05) is 17.5 Å². The second-order valence-corrected chi connectivity index (χ2v) is 6.99. The van der Waals surface area contributed by atoms with Gasteiger partial charge in [0.1, 0.15) is 5.65 Å². The minimum Gasteiger partial charge on any atom is -0.378 e. The third-order valence-electron chi connectivity index (χ3n) is 5.04. The maximum atomic E-state index is 5.28. The Bertz CT molecular complexity index is 1180. The molecule has 0 fully saturated rings. The van der Waals surface area contributed by atoms with E-state index >= 15 is 0 Å². The van der Waals surface area contributed by atoms with E-state index in [1.54, 1.807) is 24.2 Å². The molecule has 1 unspecified atom stereocenters. The minimum absolute atomic E-state index is 0.00982. The van der Waals surface area contributed by atoms with E-state index in [2.05, 4.69) is 49.6 Å². The van der Waals surface area contributed by atoms with Crippen molar-refractivity contribution in [2.24, 2.45) is 7.05 Å². The van der Waals surface area contributed by atoms with Crippen LogP contribution in [0.5, 0.6) is 0 Å². The average molecular weight is 391 g/mol. The highest BCUT2D eigenvalue weighted by molar-refractivity contribution is 5.69. The summed E-state index contributed by atoms with van der Waals surface area (Å²) in [6.07, 6.45) is 9.37. The summed E-state index contributed by atoms with van der Waals surface area (Å²) in [7, 11) is 3.56. The van der Waals surface area contributed by atoms with E-state index in [-0.39, 0.29) is 6.04 Å². The van der Waals surface area contributed by atoms with Gasteiger partial charge < -0.3 is 9.14 Å². The number of hydrazine groups is 2. The summed E-state index contributed by atoms with van der Waals surface area (Å²) in [6, 6.07) is 4.07. The lowest BCUT2D eigenvalue weighted by Crippen LogP contribution is -2.38. The number of methoxy groups -OCH3 is 1. The average Bonchev–Trinajstić information content (AvgIpc) is 3.45. The van der Waals surface area contributed by atoms with E-state index < -0.39 is 0 Å². The van der Waals surface area contributed by atoms with Crippen LogP contribution in [0.3, 0.4) is 0 Å². The zero-order valence-electron chi connectivity index (χ0n) is 16.4. The third kappa shape index (κ3) is 2.98. The molecule has 0 radical (unpaired) electrons. The van der Waals surface area contributed by atoms with Crippen LogP contribution in [0.4, 0.5) is 11.6 Å². The maximum Gasteiger partial charge on any atom is 0.190 e. The molecule has 0 saturated heterocycles. The van der Waals surface area contributed by atoms with Gasteiger partial charge in [0.2, 0.25) is 0 Å². The fourth-order valence-corrected chi connectivity index (χ4v) is 3.47. The van der Waals surface area contributed by atoms with Crippen LogP contribution in [0.1, 0.15) is 24.2 Å². The van der Waals surface area contributed by atoms with Crippen LogP contribution in [0, 0.1) is 0 Å². The smallest absolute Gasteiger partial charge is 0.190 e. The van der Waals surface area contributed by atoms with Gasteiger partial charge in [-0.15, -0.1) is 5.53 Å². The molecule has 0 spiro atoms. The number of nitrogens with zero attached hydrogens (tertiary/aromatic N) is 7. The summed E-state index contributed by atoms with van der Waals surface area (Å²) in [6.45, 7) is 2.61. The molecule has 0 aromatic carbocycles. The second-order valence-electron chi connectivity index (χ2n) is 6.99. The monoisotopic (exact) mass is 391 g/mol. The summed E-state index contributed by atoms with van der Waals surface area (Å²) in [5.74, 6) is 1.43. The quantitative estimate of drug-likeness (QED) is 0.534. The first-order valence-electron chi connectivity index (χ1n) is 9.26. The summed E-state index contributed by atoms with van der Waals surface area (Å²) >= 11 is 0. The molecule has 4 aromatic rings. The van der Waals surface area contributed by atoms with Crippen molar-refractivity contribution >= 4 is 17.3 Å². The highest BCUT2D eigenvalue weighted by Gasteiger charge is 2.28. The van der Waals surface area contributed by atoms with Gasteiger partial charge in [-0.25, -0.2) is 15.0 Å². The SMILES string of the molecule is COCc1cnc2ccc(C(C)N3NNc4ncc(-c5cnn(C)c5)nc43)cn12. The molecule has 0 amide bonds. The number of imidazole rings is 1. The zero-order valence-corrected chi connectivity index (χ0v) is 16.4. The largest absolute Gasteiger partial charge is 0.378 e. The number of fused-ring (bicyclic) bond motifs is 2. The van der Waals surface area contributed by atoms with Gasteiger partial charge >= 0.3 is 0 Å². The van der Waals surface area contributed by atoms with Crippen LogP contribution in [0.15, 0.2) is 43.1 Å². The predicted molar refractivity (Wildman–Crippen MR) is 108 cm³/mol. The number of hydrogen-bond acceptors (Lipinski definition) is 8. The van der Waals surface area contributed by atoms with Gasteiger partial charge in [-0.05, 0) is 18.6 Å². The Morgan fingerprint density at radius 1 is 1.14 bits per heavy atom. The van der Waals surface area contributed by atoms with Crippen LogP contribution in [-0.4, -0.2) is 36.2 Å². The van der Waals surface area contributed by atoms with E-state index in [9.17, 15) is 0 Å². The Morgan fingerprint density at radius 2 is 2.03 bits per heavy atom. The molecule has 1 atom stereocenters. The zero-order chi connectivity index (χ0) is 20.0. The maximum absolute atomic E-state index is 5.28. The number of ether oxygens (including phenoxy) is 1. The first kappa shape index (κ1) is 17.6. The van der Waals surface area contributed by atoms with Gasteiger partial charge in [0, 0.05) is 32.1 Å². The lowest BCUT2D eigenvalue weighted by molar-refractivity contribution is 0.181. The second kappa shape index (κ2) is 6.83. The fraction of sp³-hybridized carbons (Fsp3) is 0.263. The van der Waals surface area contributed by atoms with E-state index in [0.29, 0.717) is 12.4 Å². The van der Waals surface area contributed by atoms with Gasteiger partial charge in [0.05, 0.1) is 42.6 Å². The fourth-order valence-electron chi connectivity index (χ4n) is 3.47. The van der Waals surface area contributed by atoms with Crippen molar-refractivity contribution in [1.82, 2.24) is 34.7 Å². The van der Waals surface area contributed by atoms with Crippen molar-refractivity contribution in [3.05, 3.63) is 54.4 Å². The molecule has 10 nitrogen and oxygen atoms in total. The molecule has 0 saturated carbocycles.